The molecule has 0 aromatic carbocycles. The van der Waals surface area contributed by atoms with Crippen LogP contribution in [0.1, 0.15) is 54.4 Å². The fourth-order valence-corrected chi connectivity index (χ4v) is 3.56. The largest absolute Gasteiger partial charge is 0.534 e. The lowest BCUT2D eigenvalue weighted by atomic mass is 9.86. The van der Waals surface area contributed by atoms with Crippen molar-refractivity contribution in [1.29, 1.82) is 0 Å². The molecule has 0 aromatic heterocycles. The standard InChI is InChI=1S/C18H25F3N2O8S/c1-16(2,3)29-14(25)12-10(31-32(27,28)18(19,20)21)8-7-9-11(13(24)23(9)12)22-15(26)30-17(4,5)6/h9,11H,7-8H2,1-6H3,(H,22,26)/t9-,11?/m1/s1. The Labute approximate surface area is 183 Å². The van der Waals surface area contributed by atoms with E-state index in [2.05, 4.69) is 9.50 Å². The van der Waals surface area contributed by atoms with Gasteiger partial charge in [-0.25, -0.2) is 9.59 Å². The molecule has 1 N–H and O–H groups in total. The molecule has 2 aliphatic heterocycles. The second kappa shape index (κ2) is 8.12. The number of carbonyl (C=O) groups is 3. The van der Waals surface area contributed by atoms with E-state index in [9.17, 15) is 36.0 Å². The van der Waals surface area contributed by atoms with Gasteiger partial charge in [-0.1, -0.05) is 0 Å². The van der Waals surface area contributed by atoms with E-state index in [4.69, 9.17) is 9.47 Å². The second-order valence-electron chi connectivity index (χ2n) is 9.20. The number of hydrogen-bond acceptors (Lipinski definition) is 8. The Kier molecular flexibility index (Phi) is 6.53. The Bertz CT molecular complexity index is 945. The van der Waals surface area contributed by atoms with Crippen LogP contribution in [-0.4, -0.2) is 60.1 Å². The Morgan fingerprint density at radius 2 is 1.56 bits per heavy atom. The molecule has 2 aliphatic rings. The van der Waals surface area contributed by atoms with Crippen LogP contribution in [0.3, 0.4) is 0 Å². The zero-order valence-corrected chi connectivity index (χ0v) is 19.1. The van der Waals surface area contributed by atoms with Gasteiger partial charge in [-0.2, -0.15) is 21.6 Å². The van der Waals surface area contributed by atoms with E-state index in [0.29, 0.717) is 0 Å². The van der Waals surface area contributed by atoms with Crippen molar-refractivity contribution >= 4 is 28.1 Å². The summed E-state index contributed by atoms with van der Waals surface area (Å²) in [5.41, 5.74) is -8.45. The van der Waals surface area contributed by atoms with Gasteiger partial charge in [-0.05, 0) is 48.0 Å². The molecule has 1 saturated heterocycles. The summed E-state index contributed by atoms with van der Waals surface area (Å²) >= 11 is 0. The number of fused-ring (bicyclic) bond motifs is 1. The predicted octanol–water partition coefficient (Wildman–Crippen LogP) is 2.30. The smallest absolute Gasteiger partial charge is 0.455 e. The number of halogens is 3. The monoisotopic (exact) mass is 486 g/mol. The predicted molar refractivity (Wildman–Crippen MR) is 102 cm³/mol. The molecule has 2 heterocycles. The maximum absolute atomic E-state index is 12.8. The highest BCUT2D eigenvalue weighted by Gasteiger charge is 2.57. The molecule has 1 fully saturated rings. The van der Waals surface area contributed by atoms with Gasteiger partial charge in [0.05, 0.1) is 6.04 Å². The van der Waals surface area contributed by atoms with E-state index in [-0.39, 0.29) is 6.42 Å². The molecule has 2 atom stereocenters. The van der Waals surface area contributed by atoms with Crippen LogP contribution >= 0.6 is 0 Å². The SMILES string of the molecule is CC(C)(C)OC(=O)NC1C(=O)N2C(C(=O)OC(C)(C)C)=C(OS(=O)(=O)C(F)(F)F)CC[C@H]12. The van der Waals surface area contributed by atoms with Crippen LogP contribution in [0.4, 0.5) is 18.0 Å². The molecular formula is C18H25F3N2O8S. The number of nitrogens with one attached hydrogen (secondary N) is 1. The lowest BCUT2D eigenvalue weighted by Gasteiger charge is -2.49. The van der Waals surface area contributed by atoms with Crippen LogP contribution in [-0.2, 0) is 33.4 Å². The topological polar surface area (TPSA) is 128 Å². The number of rotatable bonds is 4. The normalized spacial score (nSPS) is 22.0. The summed E-state index contributed by atoms with van der Waals surface area (Å²) in [5, 5.41) is 2.35. The third-order valence-corrected chi connectivity index (χ3v) is 5.14. The first-order valence-electron chi connectivity index (χ1n) is 9.53. The van der Waals surface area contributed by atoms with Crippen LogP contribution in [0.15, 0.2) is 11.5 Å². The van der Waals surface area contributed by atoms with E-state index in [1.165, 1.54) is 20.8 Å². The number of β-lactam (4-membered cyclic amide) rings is 1. The number of ether oxygens (including phenoxy) is 2. The number of nitrogens with zero attached hydrogens (tertiary/aromatic N) is 1. The summed E-state index contributed by atoms with van der Waals surface area (Å²) in [6.45, 7) is 9.25. The maximum atomic E-state index is 12.8. The van der Waals surface area contributed by atoms with Gasteiger partial charge >= 0.3 is 27.7 Å². The van der Waals surface area contributed by atoms with Gasteiger partial charge in [0.2, 0.25) is 0 Å². The molecule has 1 unspecified atom stereocenters. The number of allylic oxidation sites excluding steroid dienone is 1. The lowest BCUT2D eigenvalue weighted by molar-refractivity contribution is -0.162. The van der Waals surface area contributed by atoms with Gasteiger partial charge in [-0.3, -0.25) is 9.69 Å². The first kappa shape index (κ1) is 25.7. The quantitative estimate of drug-likeness (QED) is 0.278. The van der Waals surface area contributed by atoms with Gasteiger partial charge in [0.1, 0.15) is 17.2 Å². The van der Waals surface area contributed by atoms with Crippen molar-refractivity contribution in [2.45, 2.75) is 83.2 Å². The van der Waals surface area contributed by atoms with E-state index in [1.807, 2.05) is 0 Å². The first-order chi connectivity index (χ1) is 14.2. The Morgan fingerprint density at radius 1 is 1.03 bits per heavy atom. The molecule has 0 saturated carbocycles. The molecule has 2 amide bonds. The zero-order chi connectivity index (χ0) is 24.9. The van der Waals surface area contributed by atoms with Crippen molar-refractivity contribution in [3.05, 3.63) is 11.5 Å². The summed E-state index contributed by atoms with van der Waals surface area (Å²) < 4.78 is 75.8. The van der Waals surface area contributed by atoms with Crippen molar-refractivity contribution in [2.24, 2.45) is 0 Å². The highest BCUT2D eigenvalue weighted by Crippen LogP contribution is 2.40. The molecule has 0 aromatic rings. The van der Waals surface area contributed by atoms with Gasteiger partial charge < -0.3 is 19.0 Å². The summed E-state index contributed by atoms with van der Waals surface area (Å²) in [6, 6.07) is -1.96. The van der Waals surface area contributed by atoms with Gasteiger partial charge in [-0.15, -0.1) is 0 Å². The number of hydrogen-bond donors (Lipinski definition) is 1. The van der Waals surface area contributed by atoms with Crippen LogP contribution in [0.2, 0.25) is 0 Å². The number of amides is 2. The van der Waals surface area contributed by atoms with Gasteiger partial charge in [0, 0.05) is 6.42 Å². The Morgan fingerprint density at radius 3 is 2.03 bits per heavy atom. The van der Waals surface area contributed by atoms with Gasteiger partial charge in [0.25, 0.3) is 5.91 Å². The Balaban J connectivity index is 2.37. The molecule has 0 radical (unpaired) electrons. The second-order valence-corrected chi connectivity index (χ2v) is 10.7. The van der Waals surface area contributed by atoms with E-state index < -0.39 is 74.8 Å². The number of esters is 1. The first-order valence-corrected chi connectivity index (χ1v) is 10.9. The molecule has 182 valence electrons. The van der Waals surface area contributed by atoms with Crippen LogP contribution < -0.4 is 5.32 Å². The molecule has 0 aliphatic carbocycles. The summed E-state index contributed by atoms with van der Waals surface area (Å²) in [4.78, 5) is 38.1. The van der Waals surface area contributed by atoms with E-state index >= 15 is 0 Å². The van der Waals surface area contributed by atoms with Crippen molar-refractivity contribution in [1.82, 2.24) is 10.2 Å². The summed E-state index contributed by atoms with van der Waals surface area (Å²) in [5.74, 6) is -2.96. The van der Waals surface area contributed by atoms with Crippen LogP contribution in [0.5, 0.6) is 0 Å². The summed E-state index contributed by atoms with van der Waals surface area (Å²) in [6.07, 6.45) is -1.41. The highest BCUT2D eigenvalue weighted by molar-refractivity contribution is 7.87. The molecule has 10 nitrogen and oxygen atoms in total. The average molecular weight is 486 g/mol. The third kappa shape index (κ3) is 5.64. The van der Waals surface area contributed by atoms with E-state index in [0.717, 1.165) is 4.90 Å². The number of carbonyl (C=O) groups excluding carboxylic acids is 3. The molecule has 0 bridgehead atoms. The fourth-order valence-electron chi connectivity index (χ4n) is 3.04. The van der Waals surface area contributed by atoms with Crippen LogP contribution in [0, 0.1) is 0 Å². The van der Waals surface area contributed by atoms with Gasteiger partial charge in [0.15, 0.2) is 11.5 Å². The molecule has 0 spiro atoms. The fraction of sp³-hybridized carbons (Fsp3) is 0.722. The lowest BCUT2D eigenvalue weighted by Crippen LogP contribution is -2.72. The molecule has 2 rings (SSSR count). The van der Waals surface area contributed by atoms with Crippen molar-refractivity contribution in [3.63, 3.8) is 0 Å². The molecule has 14 heteroatoms. The zero-order valence-electron chi connectivity index (χ0n) is 18.3. The minimum Gasteiger partial charge on any atom is -0.455 e. The number of alkyl halides is 3. The van der Waals surface area contributed by atoms with Crippen molar-refractivity contribution < 1.29 is 49.6 Å². The van der Waals surface area contributed by atoms with Crippen LogP contribution in [0.25, 0.3) is 0 Å². The third-order valence-electron chi connectivity index (χ3n) is 4.15. The molecule has 32 heavy (non-hydrogen) atoms. The van der Waals surface area contributed by atoms with E-state index in [1.54, 1.807) is 20.8 Å². The van der Waals surface area contributed by atoms with Crippen molar-refractivity contribution in [2.75, 3.05) is 0 Å². The summed E-state index contributed by atoms with van der Waals surface area (Å²) in [7, 11) is -6.09. The average Bonchev–Trinajstić information content (AvgIpc) is 2.54. The minimum atomic E-state index is -6.09. The minimum absolute atomic E-state index is 0.0821. The number of alkyl carbamates (subject to hydrolysis) is 1. The Hall–Kier alpha value is -2.51. The highest BCUT2D eigenvalue weighted by atomic mass is 32.2. The van der Waals surface area contributed by atoms with Crippen molar-refractivity contribution in [3.8, 4) is 0 Å². The molecular weight excluding hydrogens is 461 g/mol. The maximum Gasteiger partial charge on any atom is 0.534 e.